The maximum atomic E-state index is 12.8. The van der Waals surface area contributed by atoms with E-state index in [1.807, 2.05) is 42.5 Å². The van der Waals surface area contributed by atoms with Gasteiger partial charge < -0.3 is 5.73 Å². The Morgan fingerprint density at radius 1 is 0.732 bits per heavy atom. The first kappa shape index (κ1) is 28.5. The Balaban J connectivity index is 0.000000156. The zero-order valence-corrected chi connectivity index (χ0v) is 21.9. The third-order valence-electron chi connectivity index (χ3n) is 5.76. The number of nitrogens with one attached hydrogen (secondary N) is 2. The summed E-state index contributed by atoms with van der Waals surface area (Å²) >= 11 is 0. The second-order valence-corrected chi connectivity index (χ2v) is 8.76. The van der Waals surface area contributed by atoms with Crippen molar-refractivity contribution in [3.05, 3.63) is 138 Å². The van der Waals surface area contributed by atoms with Crippen molar-refractivity contribution in [3.63, 3.8) is 0 Å². The zero-order valence-electron chi connectivity index (χ0n) is 21.9. The summed E-state index contributed by atoms with van der Waals surface area (Å²) < 4.78 is 24.9. The smallest absolute Gasteiger partial charge is 0.150 e. The fourth-order valence-electron chi connectivity index (χ4n) is 3.63. The Bertz CT molecular complexity index is 1620. The molecule has 0 fully saturated rings. The van der Waals surface area contributed by atoms with Gasteiger partial charge in [0.25, 0.3) is 0 Å². The molecular formula is C31H27F2N7O. The van der Waals surface area contributed by atoms with Gasteiger partial charge in [0.05, 0.1) is 11.4 Å². The van der Waals surface area contributed by atoms with Gasteiger partial charge in [-0.25, -0.2) is 8.78 Å². The third-order valence-corrected chi connectivity index (χ3v) is 5.76. The van der Waals surface area contributed by atoms with Gasteiger partial charge in [0, 0.05) is 53.2 Å². The molecule has 0 atom stereocenters. The van der Waals surface area contributed by atoms with Crippen molar-refractivity contribution >= 4 is 12.1 Å². The highest BCUT2D eigenvalue weighted by Gasteiger charge is 2.04. The minimum Gasteiger partial charge on any atom is -0.382 e. The number of aromatic nitrogens is 6. The molecule has 0 unspecified atom stereocenters. The summed E-state index contributed by atoms with van der Waals surface area (Å²) in [7, 11) is 0. The van der Waals surface area contributed by atoms with E-state index in [1.165, 1.54) is 36.4 Å². The molecule has 0 aliphatic heterocycles. The largest absolute Gasteiger partial charge is 0.382 e. The van der Waals surface area contributed by atoms with Crippen LogP contribution >= 0.6 is 0 Å². The number of nitrogen functional groups attached to an aromatic ring is 1. The fourth-order valence-corrected chi connectivity index (χ4v) is 3.63. The molecule has 0 amide bonds. The van der Waals surface area contributed by atoms with Crippen molar-refractivity contribution in [2.45, 2.75) is 12.8 Å². The van der Waals surface area contributed by atoms with E-state index in [-0.39, 0.29) is 11.6 Å². The number of aldehydes is 1. The van der Waals surface area contributed by atoms with E-state index in [9.17, 15) is 13.6 Å². The third kappa shape index (κ3) is 9.03. The topological polar surface area (TPSA) is 126 Å². The number of rotatable bonds is 6. The second-order valence-electron chi connectivity index (χ2n) is 8.76. The van der Waals surface area contributed by atoms with E-state index >= 15 is 0 Å². The number of hydrogen-bond donors (Lipinski definition) is 3. The molecule has 0 bridgehead atoms. The molecule has 2 aromatic carbocycles. The van der Waals surface area contributed by atoms with Crippen molar-refractivity contribution in [1.29, 1.82) is 0 Å². The molecule has 4 N–H and O–H groups in total. The first-order valence-corrected chi connectivity index (χ1v) is 12.6. The standard InChI is InChI=1S/C16H14FN3.C8H8N4.C7H5FO/c17-14-6-3-12(4-7-14)5-8-15-10-16(20-19-15)13-2-1-9-18-11-13;9-8-4-7(11-12-8)6-2-1-3-10-5-6;8-7-3-1-6(5-9)2-4-7/h1-4,6-7,9-11H,5,8H2,(H,19,20);1-5H,(H3,9,11,12);1-5H. The van der Waals surface area contributed by atoms with Gasteiger partial charge in [-0.15, -0.1) is 0 Å². The average molecular weight is 552 g/mol. The molecule has 0 aliphatic carbocycles. The van der Waals surface area contributed by atoms with Crippen LogP contribution in [0.1, 0.15) is 21.6 Å². The van der Waals surface area contributed by atoms with Crippen LogP contribution in [0.4, 0.5) is 14.6 Å². The highest BCUT2D eigenvalue weighted by Crippen LogP contribution is 2.17. The summed E-state index contributed by atoms with van der Waals surface area (Å²) in [6.45, 7) is 0. The number of aryl methyl sites for hydroxylation is 2. The average Bonchev–Trinajstić information content (AvgIpc) is 3.68. The van der Waals surface area contributed by atoms with Crippen molar-refractivity contribution in [2.24, 2.45) is 0 Å². The molecule has 6 aromatic rings. The Kier molecular flexibility index (Phi) is 10.1. The molecular weight excluding hydrogens is 524 g/mol. The van der Waals surface area contributed by atoms with Crippen LogP contribution in [-0.2, 0) is 12.8 Å². The number of anilines is 1. The van der Waals surface area contributed by atoms with Crippen molar-refractivity contribution in [1.82, 2.24) is 30.4 Å². The number of halogens is 2. The highest BCUT2D eigenvalue weighted by molar-refractivity contribution is 5.74. The first-order chi connectivity index (χ1) is 20.0. The summed E-state index contributed by atoms with van der Waals surface area (Å²) in [5.74, 6) is -0.0244. The number of H-pyrrole nitrogens is 2. The Morgan fingerprint density at radius 2 is 1.37 bits per heavy atom. The van der Waals surface area contributed by atoms with Crippen LogP contribution in [0, 0.1) is 11.6 Å². The molecule has 41 heavy (non-hydrogen) atoms. The van der Waals surface area contributed by atoms with E-state index in [2.05, 4.69) is 30.4 Å². The minimum absolute atomic E-state index is 0.200. The Morgan fingerprint density at radius 3 is 1.93 bits per heavy atom. The van der Waals surface area contributed by atoms with E-state index in [4.69, 9.17) is 5.73 Å². The number of nitrogens with zero attached hydrogens (tertiary/aromatic N) is 4. The maximum absolute atomic E-state index is 12.8. The summed E-state index contributed by atoms with van der Waals surface area (Å²) in [6, 6.07) is 23.5. The molecule has 0 aliphatic rings. The van der Waals surface area contributed by atoms with E-state index in [0.717, 1.165) is 46.6 Å². The number of carbonyl (C=O) groups is 1. The molecule has 4 heterocycles. The molecule has 0 saturated heterocycles. The number of pyridine rings is 2. The van der Waals surface area contributed by atoms with Crippen LogP contribution in [0.3, 0.4) is 0 Å². The predicted octanol–water partition coefficient (Wildman–Crippen LogP) is 6.09. The fraction of sp³-hybridized carbons (Fsp3) is 0.0645. The van der Waals surface area contributed by atoms with Crippen LogP contribution in [0.2, 0.25) is 0 Å². The lowest BCUT2D eigenvalue weighted by Crippen LogP contribution is -1.91. The number of hydrogen-bond acceptors (Lipinski definition) is 6. The minimum atomic E-state index is -0.319. The summed E-state index contributed by atoms with van der Waals surface area (Å²) in [4.78, 5) is 18.1. The van der Waals surface area contributed by atoms with Gasteiger partial charge in [-0.05, 0) is 85.1 Å². The molecule has 4 aromatic heterocycles. The van der Waals surface area contributed by atoms with Crippen LogP contribution in [0.25, 0.3) is 22.5 Å². The van der Waals surface area contributed by atoms with Gasteiger partial charge >= 0.3 is 0 Å². The van der Waals surface area contributed by atoms with Crippen LogP contribution in [-0.4, -0.2) is 36.6 Å². The Labute approximate surface area is 235 Å². The predicted molar refractivity (Wildman–Crippen MR) is 154 cm³/mol. The van der Waals surface area contributed by atoms with Gasteiger partial charge in [-0.3, -0.25) is 25.0 Å². The van der Waals surface area contributed by atoms with Gasteiger partial charge in [-0.1, -0.05) is 12.1 Å². The van der Waals surface area contributed by atoms with Crippen molar-refractivity contribution in [3.8, 4) is 22.5 Å². The first-order valence-electron chi connectivity index (χ1n) is 12.6. The lowest BCUT2D eigenvalue weighted by Gasteiger charge is -1.99. The molecule has 206 valence electrons. The lowest BCUT2D eigenvalue weighted by molar-refractivity contribution is 0.112. The van der Waals surface area contributed by atoms with Gasteiger partial charge in [0.1, 0.15) is 23.7 Å². The molecule has 10 heteroatoms. The van der Waals surface area contributed by atoms with Gasteiger partial charge in [-0.2, -0.15) is 10.2 Å². The lowest BCUT2D eigenvalue weighted by atomic mass is 10.1. The van der Waals surface area contributed by atoms with Gasteiger partial charge in [0.2, 0.25) is 0 Å². The van der Waals surface area contributed by atoms with Crippen LogP contribution in [0.15, 0.2) is 110 Å². The highest BCUT2D eigenvalue weighted by atomic mass is 19.1. The number of benzene rings is 2. The van der Waals surface area contributed by atoms with E-state index in [1.54, 1.807) is 30.9 Å². The molecule has 8 nitrogen and oxygen atoms in total. The molecule has 6 rings (SSSR count). The van der Waals surface area contributed by atoms with Gasteiger partial charge in [0.15, 0.2) is 0 Å². The number of carbonyl (C=O) groups excluding carboxylic acids is 1. The monoisotopic (exact) mass is 551 g/mol. The summed E-state index contributed by atoms with van der Waals surface area (Å²) in [5.41, 5.74) is 11.9. The molecule has 0 spiro atoms. The van der Waals surface area contributed by atoms with E-state index in [0.29, 0.717) is 17.7 Å². The zero-order chi connectivity index (χ0) is 28.9. The normalized spacial score (nSPS) is 10.1. The quantitative estimate of drug-likeness (QED) is 0.215. The molecule has 0 saturated carbocycles. The SMILES string of the molecule is Fc1ccc(CCc2cc(-c3cccnc3)n[nH]2)cc1.Nc1cc(-c2cccnc2)[nH]n1.O=Cc1ccc(F)cc1. The summed E-state index contributed by atoms with van der Waals surface area (Å²) in [6.07, 6.45) is 9.40. The summed E-state index contributed by atoms with van der Waals surface area (Å²) in [5, 5.41) is 13.9. The van der Waals surface area contributed by atoms with Crippen molar-refractivity contribution < 1.29 is 13.6 Å². The Hall–Kier alpha value is -5.51. The molecule has 0 radical (unpaired) electrons. The second kappa shape index (κ2) is 14.6. The van der Waals surface area contributed by atoms with E-state index < -0.39 is 0 Å². The van der Waals surface area contributed by atoms with Crippen LogP contribution < -0.4 is 5.73 Å². The van der Waals surface area contributed by atoms with Crippen LogP contribution in [0.5, 0.6) is 0 Å². The number of nitrogens with two attached hydrogens (primary N) is 1. The number of aromatic amines is 2. The maximum Gasteiger partial charge on any atom is 0.150 e. The van der Waals surface area contributed by atoms with Crippen molar-refractivity contribution in [2.75, 3.05) is 5.73 Å².